The van der Waals surface area contributed by atoms with E-state index < -0.39 is 0 Å². The van der Waals surface area contributed by atoms with Crippen LogP contribution in [-0.4, -0.2) is 32.2 Å². The highest BCUT2D eigenvalue weighted by Crippen LogP contribution is 2.37. The van der Waals surface area contributed by atoms with Gasteiger partial charge < -0.3 is 4.90 Å². The number of carbonyl (C=O) groups excluding carboxylic acids is 1. The van der Waals surface area contributed by atoms with Gasteiger partial charge in [0.15, 0.2) is 11.6 Å². The molecule has 2 aromatic carbocycles. The number of anilines is 2. The number of rotatable bonds is 3. The molecule has 0 amide bonds. The molecule has 5 rings (SSSR count). The lowest BCUT2D eigenvalue weighted by molar-refractivity contribution is -0.120. The topological polar surface area (TPSA) is 71.9 Å². The summed E-state index contributed by atoms with van der Waals surface area (Å²) in [6.45, 7) is 0. The third-order valence-corrected chi connectivity index (χ3v) is 5.44. The average Bonchev–Trinajstić information content (AvgIpc) is 2.75. The Morgan fingerprint density at radius 1 is 0.750 bits per heavy atom. The minimum absolute atomic E-state index is 0.123. The van der Waals surface area contributed by atoms with Gasteiger partial charge in [0.2, 0.25) is 0 Å². The lowest BCUT2D eigenvalue weighted by Crippen LogP contribution is -2.36. The Bertz CT molecular complexity index is 1080. The van der Waals surface area contributed by atoms with Crippen LogP contribution in [0.1, 0.15) is 25.7 Å². The van der Waals surface area contributed by atoms with E-state index in [0.29, 0.717) is 18.6 Å². The number of hydrogen-bond donors (Lipinski definition) is 0. The van der Waals surface area contributed by atoms with Crippen LogP contribution in [-0.2, 0) is 4.79 Å². The van der Waals surface area contributed by atoms with Gasteiger partial charge in [-0.1, -0.05) is 48.5 Å². The van der Waals surface area contributed by atoms with Crippen molar-refractivity contribution in [3.05, 3.63) is 60.9 Å². The van der Waals surface area contributed by atoms with Crippen LogP contribution in [0.4, 0.5) is 11.6 Å². The number of aromatic nitrogens is 4. The summed E-state index contributed by atoms with van der Waals surface area (Å²) in [5.74, 6) is 1.86. The van der Waals surface area contributed by atoms with E-state index in [0.717, 1.165) is 46.0 Å². The molecule has 6 heteroatoms. The predicted octanol–water partition coefficient (Wildman–Crippen LogP) is 4.22. The second-order valence-corrected chi connectivity index (χ2v) is 7.15. The second kappa shape index (κ2) is 6.96. The van der Waals surface area contributed by atoms with E-state index in [9.17, 15) is 4.79 Å². The molecule has 6 nitrogen and oxygen atoms in total. The Morgan fingerprint density at radius 3 is 1.79 bits per heavy atom. The molecule has 2 aromatic heterocycles. The van der Waals surface area contributed by atoms with Crippen molar-refractivity contribution in [1.82, 2.24) is 20.4 Å². The SMILES string of the molecule is O=C1CCC(N(c2nncc3ccccc23)c2nncc3ccccc23)CC1. The maximum atomic E-state index is 11.9. The quantitative estimate of drug-likeness (QED) is 0.538. The summed E-state index contributed by atoms with van der Waals surface area (Å²) in [6, 6.07) is 16.3. The highest BCUT2D eigenvalue weighted by atomic mass is 16.1. The number of hydrogen-bond acceptors (Lipinski definition) is 6. The number of fused-ring (bicyclic) bond motifs is 2. The highest BCUT2D eigenvalue weighted by molar-refractivity contribution is 5.98. The molecule has 0 N–H and O–H groups in total. The van der Waals surface area contributed by atoms with Gasteiger partial charge >= 0.3 is 0 Å². The molecule has 0 radical (unpaired) electrons. The summed E-state index contributed by atoms with van der Waals surface area (Å²) in [5.41, 5.74) is 0. The van der Waals surface area contributed by atoms with Crippen molar-refractivity contribution >= 4 is 39.0 Å². The fourth-order valence-electron chi connectivity index (χ4n) is 4.01. The first kappa shape index (κ1) is 16.7. The Kier molecular flexibility index (Phi) is 4.16. The van der Waals surface area contributed by atoms with Crippen LogP contribution in [0.3, 0.4) is 0 Å². The minimum Gasteiger partial charge on any atom is -0.304 e. The van der Waals surface area contributed by atoms with E-state index in [1.54, 1.807) is 12.4 Å². The van der Waals surface area contributed by atoms with E-state index >= 15 is 0 Å². The highest BCUT2D eigenvalue weighted by Gasteiger charge is 2.30. The lowest BCUT2D eigenvalue weighted by Gasteiger charge is -2.34. The van der Waals surface area contributed by atoms with Gasteiger partial charge in [-0.2, -0.15) is 10.2 Å². The molecular formula is C22H19N5O. The first-order valence-electron chi connectivity index (χ1n) is 9.53. The summed E-state index contributed by atoms with van der Waals surface area (Å²) in [5, 5.41) is 21.6. The Morgan fingerprint density at radius 2 is 1.25 bits per heavy atom. The van der Waals surface area contributed by atoms with E-state index in [-0.39, 0.29) is 6.04 Å². The van der Waals surface area contributed by atoms with Crippen molar-refractivity contribution in [2.45, 2.75) is 31.7 Å². The number of benzene rings is 2. The maximum Gasteiger partial charge on any atom is 0.165 e. The normalized spacial score (nSPS) is 15.2. The molecule has 28 heavy (non-hydrogen) atoms. The van der Waals surface area contributed by atoms with Crippen LogP contribution in [0.5, 0.6) is 0 Å². The zero-order valence-corrected chi connectivity index (χ0v) is 15.3. The van der Waals surface area contributed by atoms with E-state index in [4.69, 9.17) is 0 Å². The van der Waals surface area contributed by atoms with Crippen molar-refractivity contribution in [3.8, 4) is 0 Å². The van der Waals surface area contributed by atoms with Crippen LogP contribution in [0.25, 0.3) is 21.5 Å². The van der Waals surface area contributed by atoms with E-state index in [1.807, 2.05) is 36.4 Å². The third kappa shape index (κ3) is 2.87. The molecule has 1 fully saturated rings. The molecule has 2 heterocycles. The van der Waals surface area contributed by atoms with Gasteiger partial charge in [-0.15, -0.1) is 10.2 Å². The number of carbonyl (C=O) groups is 1. The average molecular weight is 369 g/mol. The maximum absolute atomic E-state index is 11.9. The molecule has 0 atom stereocenters. The monoisotopic (exact) mass is 369 g/mol. The molecule has 0 unspecified atom stereocenters. The first-order valence-corrected chi connectivity index (χ1v) is 9.53. The van der Waals surface area contributed by atoms with Crippen LogP contribution in [0, 0.1) is 0 Å². The van der Waals surface area contributed by atoms with Crippen molar-refractivity contribution in [1.29, 1.82) is 0 Å². The molecule has 1 saturated carbocycles. The van der Waals surface area contributed by atoms with Gasteiger partial charge in [-0.05, 0) is 12.8 Å². The van der Waals surface area contributed by atoms with Gasteiger partial charge in [-0.25, -0.2) is 0 Å². The number of nitrogens with zero attached hydrogens (tertiary/aromatic N) is 5. The molecule has 0 aliphatic heterocycles. The predicted molar refractivity (Wildman–Crippen MR) is 108 cm³/mol. The van der Waals surface area contributed by atoms with Gasteiger partial charge in [-0.3, -0.25) is 4.79 Å². The van der Waals surface area contributed by atoms with E-state index in [2.05, 4.69) is 37.4 Å². The summed E-state index contributed by atoms with van der Waals surface area (Å²) in [6.07, 6.45) is 6.25. The number of Topliss-reactive ketones (excluding diaryl/α,β-unsaturated/α-hetero) is 1. The van der Waals surface area contributed by atoms with Crippen molar-refractivity contribution in [3.63, 3.8) is 0 Å². The molecule has 138 valence electrons. The zero-order chi connectivity index (χ0) is 18.9. The van der Waals surface area contributed by atoms with Crippen LogP contribution in [0.15, 0.2) is 60.9 Å². The van der Waals surface area contributed by atoms with Crippen molar-refractivity contribution in [2.24, 2.45) is 0 Å². The largest absolute Gasteiger partial charge is 0.304 e. The molecule has 0 saturated heterocycles. The van der Waals surface area contributed by atoms with Gasteiger partial charge in [0.05, 0.1) is 12.4 Å². The van der Waals surface area contributed by atoms with Crippen LogP contribution < -0.4 is 4.90 Å². The standard InChI is InChI=1S/C22H19N5O/c28-18-11-9-17(10-12-18)27(21-19-7-3-1-5-15(19)13-23-25-21)22-20-8-4-2-6-16(20)14-24-26-22/h1-8,13-14,17H,9-12H2. The molecule has 1 aliphatic carbocycles. The fourth-order valence-corrected chi connectivity index (χ4v) is 4.01. The minimum atomic E-state index is 0.123. The van der Waals surface area contributed by atoms with E-state index in [1.165, 1.54) is 0 Å². The van der Waals surface area contributed by atoms with Gasteiger partial charge in [0, 0.05) is 40.4 Å². The second-order valence-electron chi connectivity index (χ2n) is 7.15. The molecule has 0 spiro atoms. The summed E-state index contributed by atoms with van der Waals surface area (Å²) in [7, 11) is 0. The summed E-state index contributed by atoms with van der Waals surface area (Å²) in [4.78, 5) is 14.0. The molecule has 1 aliphatic rings. The number of ketones is 1. The summed E-state index contributed by atoms with van der Waals surface area (Å²) < 4.78 is 0. The zero-order valence-electron chi connectivity index (χ0n) is 15.3. The smallest absolute Gasteiger partial charge is 0.165 e. The summed E-state index contributed by atoms with van der Waals surface area (Å²) >= 11 is 0. The first-order chi connectivity index (χ1) is 13.8. The lowest BCUT2D eigenvalue weighted by atomic mass is 9.92. The third-order valence-electron chi connectivity index (χ3n) is 5.44. The molecule has 4 aromatic rings. The van der Waals surface area contributed by atoms with Gasteiger partial charge in [0.25, 0.3) is 0 Å². The van der Waals surface area contributed by atoms with Crippen LogP contribution >= 0.6 is 0 Å². The Labute approximate surface area is 162 Å². The van der Waals surface area contributed by atoms with Gasteiger partial charge in [0.1, 0.15) is 5.78 Å². The van der Waals surface area contributed by atoms with Crippen molar-refractivity contribution < 1.29 is 4.79 Å². The molecule has 0 bridgehead atoms. The van der Waals surface area contributed by atoms with Crippen molar-refractivity contribution in [2.75, 3.05) is 4.90 Å². The fraction of sp³-hybridized carbons (Fsp3) is 0.227. The Balaban J connectivity index is 1.74. The Hall–Kier alpha value is -3.41. The molecular weight excluding hydrogens is 350 g/mol. The van der Waals surface area contributed by atoms with Crippen LogP contribution in [0.2, 0.25) is 0 Å².